The third-order valence-electron chi connectivity index (χ3n) is 3.86. The highest BCUT2D eigenvalue weighted by Crippen LogP contribution is 2.18. The molecule has 2 unspecified atom stereocenters. The van der Waals surface area contributed by atoms with E-state index in [4.69, 9.17) is 0 Å². The summed E-state index contributed by atoms with van der Waals surface area (Å²) in [6.07, 6.45) is 1.30. The molecule has 0 aromatic heterocycles. The standard InChI is InChI=1S/C16H26N2/c1-13(2)18-11-14(3)9-16(12-18)17-10-15-7-5-4-6-8-15/h4-8,13-14,16-17H,9-12H2,1-3H3. The minimum absolute atomic E-state index is 0.636. The molecule has 2 rings (SSSR count). The molecule has 1 aromatic carbocycles. The largest absolute Gasteiger partial charge is 0.309 e. The minimum atomic E-state index is 0.636. The molecular formula is C16H26N2. The maximum atomic E-state index is 3.71. The monoisotopic (exact) mass is 246 g/mol. The highest BCUT2D eigenvalue weighted by atomic mass is 15.2. The van der Waals surface area contributed by atoms with Gasteiger partial charge in [-0.3, -0.25) is 4.90 Å². The summed E-state index contributed by atoms with van der Waals surface area (Å²) in [7, 11) is 0. The maximum absolute atomic E-state index is 3.71. The van der Waals surface area contributed by atoms with E-state index >= 15 is 0 Å². The molecule has 1 fully saturated rings. The van der Waals surface area contributed by atoms with Crippen LogP contribution in [0.15, 0.2) is 30.3 Å². The summed E-state index contributed by atoms with van der Waals surface area (Å²) in [4.78, 5) is 2.59. The van der Waals surface area contributed by atoms with Crippen molar-refractivity contribution in [1.82, 2.24) is 10.2 Å². The van der Waals surface area contributed by atoms with Gasteiger partial charge in [0.2, 0.25) is 0 Å². The second-order valence-corrected chi connectivity index (χ2v) is 5.95. The van der Waals surface area contributed by atoms with Crippen LogP contribution in [0.4, 0.5) is 0 Å². The van der Waals surface area contributed by atoms with Gasteiger partial charge in [-0.15, -0.1) is 0 Å². The van der Waals surface area contributed by atoms with Crippen LogP contribution in [0.25, 0.3) is 0 Å². The van der Waals surface area contributed by atoms with Gasteiger partial charge in [0.15, 0.2) is 0 Å². The Hall–Kier alpha value is -0.860. The predicted octanol–water partition coefficient (Wildman–Crippen LogP) is 2.90. The summed E-state index contributed by atoms with van der Waals surface area (Å²) < 4.78 is 0. The Bertz CT molecular complexity index is 347. The Morgan fingerprint density at radius 2 is 1.94 bits per heavy atom. The van der Waals surface area contributed by atoms with Crippen LogP contribution >= 0.6 is 0 Å². The zero-order chi connectivity index (χ0) is 13.0. The molecule has 2 atom stereocenters. The lowest BCUT2D eigenvalue weighted by molar-refractivity contribution is 0.118. The minimum Gasteiger partial charge on any atom is -0.309 e. The summed E-state index contributed by atoms with van der Waals surface area (Å²) in [5, 5.41) is 3.71. The first-order valence-electron chi connectivity index (χ1n) is 7.16. The van der Waals surface area contributed by atoms with Crippen LogP contribution in [-0.4, -0.2) is 30.1 Å². The van der Waals surface area contributed by atoms with Gasteiger partial charge in [0.1, 0.15) is 0 Å². The van der Waals surface area contributed by atoms with Crippen LogP contribution in [0.2, 0.25) is 0 Å². The molecule has 0 aliphatic carbocycles. The lowest BCUT2D eigenvalue weighted by atomic mass is 9.95. The normalized spacial score (nSPS) is 25.6. The Labute approximate surface area is 111 Å². The molecule has 2 heteroatoms. The van der Waals surface area contributed by atoms with Crippen LogP contribution in [0.5, 0.6) is 0 Å². The molecule has 0 bridgehead atoms. The second-order valence-electron chi connectivity index (χ2n) is 5.95. The van der Waals surface area contributed by atoms with Gasteiger partial charge < -0.3 is 5.32 Å². The van der Waals surface area contributed by atoms with Gasteiger partial charge in [0.05, 0.1) is 0 Å². The first kappa shape index (κ1) is 13.6. The number of piperidine rings is 1. The van der Waals surface area contributed by atoms with Gasteiger partial charge in [-0.2, -0.15) is 0 Å². The molecule has 1 aliphatic rings. The van der Waals surface area contributed by atoms with Crippen molar-refractivity contribution in [3.8, 4) is 0 Å². The van der Waals surface area contributed by atoms with E-state index in [2.05, 4.69) is 61.3 Å². The smallest absolute Gasteiger partial charge is 0.0208 e. The maximum Gasteiger partial charge on any atom is 0.0208 e. The van der Waals surface area contributed by atoms with Crippen molar-refractivity contribution in [1.29, 1.82) is 0 Å². The second kappa shape index (κ2) is 6.35. The zero-order valence-electron chi connectivity index (χ0n) is 11.9. The molecule has 0 saturated carbocycles. The third kappa shape index (κ3) is 3.82. The molecule has 1 saturated heterocycles. The molecule has 18 heavy (non-hydrogen) atoms. The number of likely N-dealkylation sites (tertiary alicyclic amines) is 1. The molecular weight excluding hydrogens is 220 g/mol. The Balaban J connectivity index is 1.85. The topological polar surface area (TPSA) is 15.3 Å². The zero-order valence-corrected chi connectivity index (χ0v) is 11.9. The Morgan fingerprint density at radius 1 is 1.22 bits per heavy atom. The molecule has 2 nitrogen and oxygen atoms in total. The average molecular weight is 246 g/mol. The first-order chi connectivity index (χ1) is 8.65. The summed E-state index contributed by atoms with van der Waals surface area (Å²) in [6.45, 7) is 10.4. The van der Waals surface area contributed by atoms with E-state index in [9.17, 15) is 0 Å². The number of hydrogen-bond donors (Lipinski definition) is 1. The van der Waals surface area contributed by atoms with Crippen molar-refractivity contribution >= 4 is 0 Å². The van der Waals surface area contributed by atoms with Crippen molar-refractivity contribution in [3.63, 3.8) is 0 Å². The Morgan fingerprint density at radius 3 is 2.61 bits per heavy atom. The summed E-state index contributed by atoms with van der Waals surface area (Å²) >= 11 is 0. The van der Waals surface area contributed by atoms with Gasteiger partial charge in [-0.25, -0.2) is 0 Å². The highest BCUT2D eigenvalue weighted by Gasteiger charge is 2.25. The summed E-state index contributed by atoms with van der Waals surface area (Å²) in [5.74, 6) is 0.800. The fourth-order valence-electron chi connectivity index (χ4n) is 2.82. The molecule has 1 aliphatic heterocycles. The summed E-state index contributed by atoms with van der Waals surface area (Å²) in [6, 6.07) is 12.0. The molecule has 1 heterocycles. The van der Waals surface area contributed by atoms with E-state index in [1.54, 1.807) is 0 Å². The van der Waals surface area contributed by atoms with Crippen molar-refractivity contribution < 1.29 is 0 Å². The van der Waals surface area contributed by atoms with E-state index in [1.807, 2.05) is 0 Å². The first-order valence-corrected chi connectivity index (χ1v) is 7.16. The van der Waals surface area contributed by atoms with E-state index in [1.165, 1.54) is 25.1 Å². The van der Waals surface area contributed by atoms with E-state index in [0.717, 1.165) is 12.5 Å². The van der Waals surface area contributed by atoms with E-state index in [0.29, 0.717) is 12.1 Å². The number of rotatable bonds is 4. The quantitative estimate of drug-likeness (QED) is 0.879. The molecule has 100 valence electrons. The molecule has 0 radical (unpaired) electrons. The van der Waals surface area contributed by atoms with Crippen molar-refractivity contribution in [3.05, 3.63) is 35.9 Å². The van der Waals surface area contributed by atoms with Crippen LogP contribution < -0.4 is 5.32 Å². The molecule has 0 amide bonds. The van der Waals surface area contributed by atoms with Gasteiger partial charge in [-0.1, -0.05) is 37.3 Å². The summed E-state index contributed by atoms with van der Waals surface area (Å²) in [5.41, 5.74) is 1.38. The van der Waals surface area contributed by atoms with Crippen LogP contribution in [0.3, 0.4) is 0 Å². The van der Waals surface area contributed by atoms with Crippen LogP contribution in [0, 0.1) is 5.92 Å². The predicted molar refractivity (Wildman–Crippen MR) is 77.6 cm³/mol. The lowest BCUT2D eigenvalue weighted by Gasteiger charge is -2.39. The van der Waals surface area contributed by atoms with Gasteiger partial charge >= 0.3 is 0 Å². The average Bonchev–Trinajstić information content (AvgIpc) is 2.37. The van der Waals surface area contributed by atoms with Crippen molar-refractivity contribution in [2.45, 2.75) is 45.8 Å². The van der Waals surface area contributed by atoms with Gasteiger partial charge in [0, 0.05) is 31.7 Å². The Kier molecular flexibility index (Phi) is 4.79. The number of hydrogen-bond acceptors (Lipinski definition) is 2. The SMILES string of the molecule is CC1CC(NCc2ccccc2)CN(C(C)C)C1. The van der Waals surface area contributed by atoms with Crippen LogP contribution in [-0.2, 0) is 6.54 Å². The molecule has 0 spiro atoms. The van der Waals surface area contributed by atoms with Crippen LogP contribution in [0.1, 0.15) is 32.8 Å². The van der Waals surface area contributed by atoms with Gasteiger partial charge in [0.25, 0.3) is 0 Å². The van der Waals surface area contributed by atoms with Gasteiger partial charge in [-0.05, 0) is 31.7 Å². The number of nitrogens with zero attached hydrogens (tertiary/aromatic N) is 1. The fraction of sp³-hybridized carbons (Fsp3) is 0.625. The van der Waals surface area contributed by atoms with Crippen molar-refractivity contribution in [2.24, 2.45) is 5.92 Å². The fourth-order valence-corrected chi connectivity index (χ4v) is 2.82. The highest BCUT2D eigenvalue weighted by molar-refractivity contribution is 5.14. The third-order valence-corrected chi connectivity index (χ3v) is 3.86. The number of benzene rings is 1. The van der Waals surface area contributed by atoms with Crippen molar-refractivity contribution in [2.75, 3.05) is 13.1 Å². The molecule has 1 N–H and O–H groups in total. The van der Waals surface area contributed by atoms with E-state index < -0.39 is 0 Å². The number of nitrogens with one attached hydrogen (secondary N) is 1. The molecule has 1 aromatic rings. The van der Waals surface area contributed by atoms with E-state index in [-0.39, 0.29) is 0 Å². The lowest BCUT2D eigenvalue weighted by Crippen LogP contribution is -2.50.